The standard InChI is InChI=1S/C15H21ClOS/c1-12-5-6-14(13(16)9-12)17-10-15(11-18)7-3-2-4-8-15/h5-6,9,18H,2-4,7-8,10-11H2,1H3. The Kier molecular flexibility index (Phi) is 4.85. The molecule has 1 saturated carbocycles. The summed E-state index contributed by atoms with van der Waals surface area (Å²) in [4.78, 5) is 0. The average molecular weight is 285 g/mol. The van der Waals surface area contributed by atoms with Crippen LogP contribution in [0, 0.1) is 12.3 Å². The van der Waals surface area contributed by atoms with E-state index in [0.29, 0.717) is 5.02 Å². The quantitative estimate of drug-likeness (QED) is 0.773. The Hall–Kier alpha value is -0.340. The number of hydrogen-bond donors (Lipinski definition) is 1. The fraction of sp³-hybridized carbons (Fsp3) is 0.600. The van der Waals surface area contributed by atoms with Crippen LogP contribution in [-0.4, -0.2) is 12.4 Å². The van der Waals surface area contributed by atoms with Crippen LogP contribution in [0.5, 0.6) is 5.75 Å². The van der Waals surface area contributed by atoms with E-state index in [4.69, 9.17) is 16.3 Å². The zero-order valence-corrected chi connectivity index (χ0v) is 12.6. The van der Waals surface area contributed by atoms with Crippen molar-refractivity contribution in [2.75, 3.05) is 12.4 Å². The summed E-state index contributed by atoms with van der Waals surface area (Å²) < 4.78 is 5.94. The second kappa shape index (κ2) is 6.21. The maximum absolute atomic E-state index is 6.19. The van der Waals surface area contributed by atoms with Crippen LogP contribution in [0.25, 0.3) is 0 Å². The molecule has 2 rings (SSSR count). The number of benzene rings is 1. The average Bonchev–Trinajstić information content (AvgIpc) is 2.39. The highest BCUT2D eigenvalue weighted by Crippen LogP contribution is 2.38. The van der Waals surface area contributed by atoms with Crippen LogP contribution in [0.15, 0.2) is 18.2 Å². The SMILES string of the molecule is Cc1ccc(OCC2(CS)CCCCC2)c(Cl)c1. The van der Waals surface area contributed by atoms with Crippen LogP contribution >= 0.6 is 24.2 Å². The maximum Gasteiger partial charge on any atom is 0.137 e. The molecular weight excluding hydrogens is 264 g/mol. The highest BCUT2D eigenvalue weighted by Gasteiger charge is 2.31. The third kappa shape index (κ3) is 3.36. The van der Waals surface area contributed by atoms with Gasteiger partial charge in [-0.25, -0.2) is 0 Å². The molecule has 0 heterocycles. The minimum Gasteiger partial charge on any atom is -0.491 e. The van der Waals surface area contributed by atoms with Gasteiger partial charge in [-0.3, -0.25) is 0 Å². The summed E-state index contributed by atoms with van der Waals surface area (Å²) >= 11 is 10.7. The molecule has 0 unspecified atom stereocenters. The van der Waals surface area contributed by atoms with Crippen LogP contribution in [-0.2, 0) is 0 Å². The van der Waals surface area contributed by atoms with Crippen molar-refractivity contribution >= 4 is 24.2 Å². The number of aryl methyl sites for hydroxylation is 1. The molecule has 0 bridgehead atoms. The smallest absolute Gasteiger partial charge is 0.137 e. The van der Waals surface area contributed by atoms with Gasteiger partial charge >= 0.3 is 0 Å². The Morgan fingerprint density at radius 1 is 1.28 bits per heavy atom. The van der Waals surface area contributed by atoms with Gasteiger partial charge in [-0.2, -0.15) is 12.6 Å². The Bertz CT molecular complexity index is 399. The Morgan fingerprint density at radius 3 is 2.61 bits per heavy atom. The molecule has 0 saturated heterocycles. The van der Waals surface area contributed by atoms with Crippen molar-refractivity contribution < 1.29 is 4.74 Å². The fourth-order valence-electron chi connectivity index (χ4n) is 2.60. The van der Waals surface area contributed by atoms with Crippen molar-refractivity contribution in [1.82, 2.24) is 0 Å². The monoisotopic (exact) mass is 284 g/mol. The lowest BCUT2D eigenvalue weighted by atomic mass is 9.76. The van der Waals surface area contributed by atoms with E-state index in [-0.39, 0.29) is 5.41 Å². The molecule has 0 radical (unpaired) electrons. The number of rotatable bonds is 4. The van der Waals surface area contributed by atoms with Crippen molar-refractivity contribution in [2.24, 2.45) is 5.41 Å². The maximum atomic E-state index is 6.19. The molecule has 1 fully saturated rings. The predicted molar refractivity (Wildman–Crippen MR) is 81.1 cm³/mol. The molecule has 0 amide bonds. The zero-order valence-electron chi connectivity index (χ0n) is 10.9. The highest BCUT2D eigenvalue weighted by atomic mass is 35.5. The van der Waals surface area contributed by atoms with E-state index in [1.165, 1.54) is 32.1 Å². The number of hydrogen-bond acceptors (Lipinski definition) is 2. The fourth-order valence-corrected chi connectivity index (χ4v) is 3.30. The van der Waals surface area contributed by atoms with Crippen molar-refractivity contribution in [3.05, 3.63) is 28.8 Å². The van der Waals surface area contributed by atoms with Gasteiger partial charge in [0.1, 0.15) is 5.75 Å². The van der Waals surface area contributed by atoms with Gasteiger partial charge in [0.05, 0.1) is 11.6 Å². The molecule has 1 aliphatic rings. The van der Waals surface area contributed by atoms with Gasteiger partial charge in [0.25, 0.3) is 0 Å². The molecule has 0 aliphatic heterocycles. The molecule has 100 valence electrons. The summed E-state index contributed by atoms with van der Waals surface area (Å²) in [7, 11) is 0. The summed E-state index contributed by atoms with van der Waals surface area (Å²) in [5, 5.41) is 0.708. The number of thiol groups is 1. The Labute approximate surface area is 120 Å². The largest absolute Gasteiger partial charge is 0.491 e. The number of halogens is 1. The molecule has 0 spiro atoms. The molecule has 1 aromatic carbocycles. The second-order valence-corrected chi connectivity index (χ2v) is 6.16. The summed E-state index contributed by atoms with van der Waals surface area (Å²) in [6.45, 7) is 2.77. The van der Waals surface area contributed by atoms with E-state index in [1.54, 1.807) is 0 Å². The summed E-state index contributed by atoms with van der Waals surface area (Å²) in [6.07, 6.45) is 6.39. The molecular formula is C15H21ClOS. The van der Waals surface area contributed by atoms with Gasteiger partial charge in [0.2, 0.25) is 0 Å². The Balaban J connectivity index is 2.01. The lowest BCUT2D eigenvalue weighted by Gasteiger charge is -2.35. The van der Waals surface area contributed by atoms with Gasteiger partial charge in [-0.15, -0.1) is 0 Å². The zero-order chi connectivity index (χ0) is 13.0. The minimum atomic E-state index is 0.246. The van der Waals surface area contributed by atoms with E-state index in [2.05, 4.69) is 12.6 Å². The third-order valence-electron chi connectivity index (χ3n) is 3.87. The predicted octanol–water partition coefficient (Wildman–Crippen LogP) is 4.91. The van der Waals surface area contributed by atoms with Gasteiger partial charge in [0, 0.05) is 5.41 Å². The second-order valence-electron chi connectivity index (χ2n) is 5.44. The first-order valence-electron chi connectivity index (χ1n) is 6.65. The molecule has 0 aromatic heterocycles. The molecule has 1 aliphatic carbocycles. The van der Waals surface area contributed by atoms with E-state index in [1.807, 2.05) is 25.1 Å². The first-order chi connectivity index (χ1) is 8.65. The third-order valence-corrected chi connectivity index (χ3v) is 4.84. The van der Waals surface area contributed by atoms with Crippen molar-refractivity contribution in [3.63, 3.8) is 0 Å². The minimum absolute atomic E-state index is 0.246. The molecule has 18 heavy (non-hydrogen) atoms. The van der Waals surface area contributed by atoms with Crippen LogP contribution in [0.4, 0.5) is 0 Å². The van der Waals surface area contributed by atoms with Crippen LogP contribution in [0.2, 0.25) is 5.02 Å². The highest BCUT2D eigenvalue weighted by molar-refractivity contribution is 7.80. The number of ether oxygens (including phenoxy) is 1. The molecule has 0 N–H and O–H groups in total. The summed E-state index contributed by atoms with van der Waals surface area (Å²) in [5.41, 5.74) is 1.41. The van der Waals surface area contributed by atoms with Crippen LogP contribution < -0.4 is 4.74 Å². The molecule has 3 heteroatoms. The van der Waals surface area contributed by atoms with Crippen molar-refractivity contribution in [1.29, 1.82) is 0 Å². The molecule has 1 aromatic rings. The van der Waals surface area contributed by atoms with Crippen LogP contribution in [0.3, 0.4) is 0 Å². The topological polar surface area (TPSA) is 9.23 Å². The van der Waals surface area contributed by atoms with Gasteiger partial charge in [-0.05, 0) is 43.2 Å². The van der Waals surface area contributed by atoms with E-state index in [9.17, 15) is 0 Å². The van der Waals surface area contributed by atoms with Crippen molar-refractivity contribution in [2.45, 2.75) is 39.0 Å². The van der Waals surface area contributed by atoms with E-state index < -0.39 is 0 Å². The van der Waals surface area contributed by atoms with Gasteiger partial charge < -0.3 is 4.74 Å². The van der Waals surface area contributed by atoms with Gasteiger partial charge in [-0.1, -0.05) is 36.9 Å². The van der Waals surface area contributed by atoms with Crippen molar-refractivity contribution in [3.8, 4) is 5.75 Å². The Morgan fingerprint density at radius 2 is 2.00 bits per heavy atom. The van der Waals surface area contributed by atoms with E-state index in [0.717, 1.165) is 23.7 Å². The molecule has 0 atom stereocenters. The normalized spacial score (nSPS) is 18.6. The van der Waals surface area contributed by atoms with Gasteiger partial charge in [0.15, 0.2) is 0 Å². The first-order valence-corrected chi connectivity index (χ1v) is 7.66. The molecule has 1 nitrogen and oxygen atoms in total. The summed E-state index contributed by atoms with van der Waals surface area (Å²) in [5.74, 6) is 1.70. The van der Waals surface area contributed by atoms with E-state index >= 15 is 0 Å². The summed E-state index contributed by atoms with van der Waals surface area (Å²) in [6, 6.07) is 5.95. The van der Waals surface area contributed by atoms with Crippen LogP contribution in [0.1, 0.15) is 37.7 Å². The first kappa shape index (κ1) is 14.1. The lowest BCUT2D eigenvalue weighted by molar-refractivity contribution is 0.121. The lowest BCUT2D eigenvalue weighted by Crippen LogP contribution is -2.33.